The zero-order valence-electron chi connectivity index (χ0n) is 13.6. The molecule has 1 saturated heterocycles. The Hall–Kier alpha value is -1.35. The molecule has 3 nitrogen and oxygen atoms in total. The molecule has 0 N–H and O–H groups in total. The van der Waals surface area contributed by atoms with Gasteiger partial charge >= 0.3 is 0 Å². The number of hydrogen-bond acceptors (Lipinski definition) is 2. The Morgan fingerprint density at radius 2 is 1.81 bits per heavy atom. The lowest BCUT2D eigenvalue weighted by Crippen LogP contribution is -2.49. The predicted octanol–water partition coefficient (Wildman–Crippen LogP) is 2.73. The Morgan fingerprint density at radius 1 is 1.14 bits per heavy atom. The molecule has 0 aliphatic carbocycles. The van der Waals surface area contributed by atoms with E-state index in [4.69, 9.17) is 0 Å². The number of carbonyl (C=O) groups excluding carboxylic acids is 1. The highest BCUT2D eigenvalue weighted by molar-refractivity contribution is 5.79. The lowest BCUT2D eigenvalue weighted by atomic mass is 10.1. The molecule has 1 amide bonds. The second kappa shape index (κ2) is 7.60. The van der Waals surface area contributed by atoms with Gasteiger partial charge in [0.05, 0.1) is 6.42 Å². The number of rotatable bonds is 5. The van der Waals surface area contributed by atoms with Gasteiger partial charge in [-0.2, -0.15) is 0 Å². The predicted molar refractivity (Wildman–Crippen MR) is 87.4 cm³/mol. The summed E-state index contributed by atoms with van der Waals surface area (Å²) < 4.78 is 0. The highest BCUT2D eigenvalue weighted by atomic mass is 16.2. The minimum Gasteiger partial charge on any atom is -0.340 e. The van der Waals surface area contributed by atoms with E-state index in [1.54, 1.807) is 0 Å². The van der Waals surface area contributed by atoms with E-state index in [0.29, 0.717) is 6.42 Å². The van der Waals surface area contributed by atoms with Crippen LogP contribution in [0.2, 0.25) is 0 Å². The van der Waals surface area contributed by atoms with Crippen LogP contribution in [0.1, 0.15) is 31.4 Å². The minimum atomic E-state index is 0.271. The lowest BCUT2D eigenvalue weighted by Gasteiger charge is -2.35. The third-order valence-corrected chi connectivity index (χ3v) is 4.35. The largest absolute Gasteiger partial charge is 0.340 e. The standard InChI is InChI=1S/C18H28N2O/c1-15(2)8-9-19-10-12-20(13-11-19)18(21)14-17-7-5-4-6-16(17)3/h4-7,15H,8-14H2,1-3H3. The molecule has 0 saturated carbocycles. The van der Waals surface area contributed by atoms with Crippen LogP contribution in [0.3, 0.4) is 0 Å². The molecule has 0 aromatic heterocycles. The van der Waals surface area contributed by atoms with E-state index in [1.807, 2.05) is 17.0 Å². The third-order valence-electron chi connectivity index (χ3n) is 4.35. The summed E-state index contributed by atoms with van der Waals surface area (Å²) in [5, 5.41) is 0. The first-order chi connectivity index (χ1) is 10.1. The van der Waals surface area contributed by atoms with Gasteiger partial charge in [-0.3, -0.25) is 9.69 Å². The fourth-order valence-corrected chi connectivity index (χ4v) is 2.74. The van der Waals surface area contributed by atoms with E-state index in [0.717, 1.165) is 44.2 Å². The Kier molecular flexibility index (Phi) is 5.80. The Labute approximate surface area is 128 Å². The van der Waals surface area contributed by atoms with Gasteiger partial charge in [-0.05, 0) is 36.9 Å². The quantitative estimate of drug-likeness (QED) is 0.832. The number of nitrogens with zero attached hydrogens (tertiary/aromatic N) is 2. The maximum absolute atomic E-state index is 12.4. The minimum absolute atomic E-state index is 0.271. The molecule has 3 heteroatoms. The Morgan fingerprint density at radius 3 is 2.43 bits per heavy atom. The van der Waals surface area contributed by atoms with E-state index < -0.39 is 0 Å². The number of piperazine rings is 1. The smallest absolute Gasteiger partial charge is 0.227 e. The SMILES string of the molecule is Cc1ccccc1CC(=O)N1CCN(CCC(C)C)CC1. The van der Waals surface area contributed by atoms with Gasteiger partial charge < -0.3 is 4.90 Å². The van der Waals surface area contributed by atoms with Crippen LogP contribution in [0.15, 0.2) is 24.3 Å². The average molecular weight is 288 g/mol. The van der Waals surface area contributed by atoms with Crippen molar-refractivity contribution >= 4 is 5.91 Å². The van der Waals surface area contributed by atoms with E-state index in [9.17, 15) is 4.79 Å². The second-order valence-electron chi connectivity index (χ2n) is 6.51. The van der Waals surface area contributed by atoms with Gasteiger partial charge in [0.2, 0.25) is 5.91 Å². The molecule has 0 bridgehead atoms. The number of carbonyl (C=O) groups is 1. The molecule has 2 rings (SSSR count). The van der Waals surface area contributed by atoms with Gasteiger partial charge in [0.25, 0.3) is 0 Å². The summed E-state index contributed by atoms with van der Waals surface area (Å²) in [5.41, 5.74) is 2.37. The molecule has 1 aliphatic heterocycles. The average Bonchev–Trinajstić information content (AvgIpc) is 2.48. The lowest BCUT2D eigenvalue weighted by molar-refractivity contribution is -0.132. The van der Waals surface area contributed by atoms with Crippen molar-refractivity contribution in [1.29, 1.82) is 0 Å². The van der Waals surface area contributed by atoms with Crippen LogP contribution in [0.4, 0.5) is 0 Å². The summed E-state index contributed by atoms with van der Waals surface area (Å²) in [6.07, 6.45) is 1.79. The molecule has 1 fully saturated rings. The summed E-state index contributed by atoms with van der Waals surface area (Å²) in [5.74, 6) is 1.03. The molecule has 0 unspecified atom stereocenters. The number of amides is 1. The van der Waals surface area contributed by atoms with Crippen LogP contribution in [0.5, 0.6) is 0 Å². The first-order valence-electron chi connectivity index (χ1n) is 8.11. The molecule has 1 heterocycles. The maximum Gasteiger partial charge on any atom is 0.227 e. The number of benzene rings is 1. The summed E-state index contributed by atoms with van der Waals surface area (Å²) in [4.78, 5) is 16.9. The van der Waals surface area contributed by atoms with Crippen molar-refractivity contribution in [2.24, 2.45) is 5.92 Å². The summed E-state index contributed by atoms with van der Waals surface area (Å²) in [6, 6.07) is 8.18. The molecule has 21 heavy (non-hydrogen) atoms. The van der Waals surface area contributed by atoms with Crippen molar-refractivity contribution in [3.8, 4) is 0 Å². The molecular formula is C18H28N2O. The highest BCUT2D eigenvalue weighted by Gasteiger charge is 2.21. The van der Waals surface area contributed by atoms with Crippen molar-refractivity contribution in [2.45, 2.75) is 33.6 Å². The molecule has 1 aromatic carbocycles. The molecule has 1 aliphatic rings. The first-order valence-corrected chi connectivity index (χ1v) is 8.11. The van der Waals surface area contributed by atoms with Crippen molar-refractivity contribution in [3.63, 3.8) is 0 Å². The molecular weight excluding hydrogens is 260 g/mol. The van der Waals surface area contributed by atoms with Gasteiger partial charge in [0.15, 0.2) is 0 Å². The van der Waals surface area contributed by atoms with Gasteiger partial charge in [-0.25, -0.2) is 0 Å². The summed E-state index contributed by atoms with van der Waals surface area (Å²) in [7, 11) is 0. The van der Waals surface area contributed by atoms with Crippen LogP contribution in [-0.4, -0.2) is 48.4 Å². The normalized spacial score (nSPS) is 16.5. The van der Waals surface area contributed by atoms with Gasteiger partial charge in [0, 0.05) is 26.2 Å². The van der Waals surface area contributed by atoms with E-state index >= 15 is 0 Å². The van der Waals surface area contributed by atoms with Crippen LogP contribution in [0, 0.1) is 12.8 Å². The van der Waals surface area contributed by atoms with Crippen LogP contribution in [-0.2, 0) is 11.2 Å². The molecule has 0 radical (unpaired) electrons. The van der Waals surface area contributed by atoms with E-state index in [2.05, 4.69) is 37.8 Å². The monoisotopic (exact) mass is 288 g/mol. The fourth-order valence-electron chi connectivity index (χ4n) is 2.74. The highest BCUT2D eigenvalue weighted by Crippen LogP contribution is 2.11. The second-order valence-corrected chi connectivity index (χ2v) is 6.51. The summed E-state index contributed by atoms with van der Waals surface area (Å²) >= 11 is 0. The molecule has 0 spiro atoms. The zero-order chi connectivity index (χ0) is 15.2. The van der Waals surface area contributed by atoms with E-state index in [1.165, 1.54) is 12.0 Å². The van der Waals surface area contributed by atoms with Crippen molar-refractivity contribution < 1.29 is 4.79 Å². The molecule has 116 valence electrons. The summed E-state index contributed by atoms with van der Waals surface area (Å²) in [6.45, 7) is 11.6. The van der Waals surface area contributed by atoms with Crippen molar-refractivity contribution in [1.82, 2.24) is 9.80 Å². The van der Waals surface area contributed by atoms with Gasteiger partial charge in [-0.15, -0.1) is 0 Å². The fraction of sp³-hybridized carbons (Fsp3) is 0.611. The van der Waals surface area contributed by atoms with Crippen LogP contribution < -0.4 is 0 Å². The third kappa shape index (κ3) is 4.85. The topological polar surface area (TPSA) is 23.6 Å². The Bertz CT molecular complexity index is 462. The van der Waals surface area contributed by atoms with Crippen LogP contribution in [0.25, 0.3) is 0 Å². The molecule has 0 atom stereocenters. The zero-order valence-corrected chi connectivity index (χ0v) is 13.6. The maximum atomic E-state index is 12.4. The number of hydrogen-bond donors (Lipinski definition) is 0. The number of aryl methyl sites for hydroxylation is 1. The van der Waals surface area contributed by atoms with Crippen LogP contribution >= 0.6 is 0 Å². The van der Waals surface area contributed by atoms with Crippen molar-refractivity contribution in [2.75, 3.05) is 32.7 Å². The van der Waals surface area contributed by atoms with E-state index in [-0.39, 0.29) is 5.91 Å². The first kappa shape index (κ1) is 16.0. The van der Waals surface area contributed by atoms with Crippen molar-refractivity contribution in [3.05, 3.63) is 35.4 Å². The Balaban J connectivity index is 1.79. The van der Waals surface area contributed by atoms with Gasteiger partial charge in [-0.1, -0.05) is 38.1 Å². The molecule has 1 aromatic rings. The van der Waals surface area contributed by atoms with Gasteiger partial charge in [0.1, 0.15) is 0 Å².